The SMILES string of the molecule is CCC[C@@H]1CC[C@@H](C(=O)Cl)C1. The first-order valence-electron chi connectivity index (χ1n) is 4.43. The molecule has 0 heterocycles. The second-order valence-electron chi connectivity index (χ2n) is 3.47. The first-order valence-corrected chi connectivity index (χ1v) is 4.81. The van der Waals surface area contributed by atoms with E-state index in [0.717, 1.165) is 18.8 Å². The molecule has 1 fully saturated rings. The minimum absolute atomic E-state index is 0.122. The van der Waals surface area contributed by atoms with E-state index in [-0.39, 0.29) is 11.2 Å². The topological polar surface area (TPSA) is 17.1 Å². The van der Waals surface area contributed by atoms with Crippen molar-refractivity contribution in [2.45, 2.75) is 39.0 Å². The number of hydrogen-bond donors (Lipinski definition) is 0. The summed E-state index contributed by atoms with van der Waals surface area (Å²) in [5.74, 6) is 0.945. The van der Waals surface area contributed by atoms with Crippen LogP contribution in [0.3, 0.4) is 0 Å². The minimum atomic E-state index is -0.122. The molecular formula is C9H15ClO. The van der Waals surface area contributed by atoms with Crippen molar-refractivity contribution in [3.05, 3.63) is 0 Å². The van der Waals surface area contributed by atoms with Crippen LogP contribution in [0.5, 0.6) is 0 Å². The highest BCUT2D eigenvalue weighted by Crippen LogP contribution is 2.34. The molecule has 64 valence electrons. The molecule has 0 aromatic heterocycles. The summed E-state index contributed by atoms with van der Waals surface area (Å²) in [4.78, 5) is 10.8. The molecule has 0 radical (unpaired) electrons. The van der Waals surface area contributed by atoms with Crippen molar-refractivity contribution in [2.75, 3.05) is 0 Å². The molecular weight excluding hydrogens is 160 g/mol. The number of hydrogen-bond acceptors (Lipinski definition) is 1. The third-order valence-corrected chi connectivity index (χ3v) is 2.87. The van der Waals surface area contributed by atoms with Gasteiger partial charge in [-0.05, 0) is 36.8 Å². The van der Waals surface area contributed by atoms with E-state index in [4.69, 9.17) is 11.6 Å². The van der Waals surface area contributed by atoms with E-state index in [9.17, 15) is 4.79 Å². The van der Waals surface area contributed by atoms with Gasteiger partial charge in [0.05, 0.1) is 0 Å². The molecule has 0 aromatic carbocycles. The normalized spacial score (nSPS) is 30.7. The zero-order valence-electron chi connectivity index (χ0n) is 6.98. The fourth-order valence-corrected chi connectivity index (χ4v) is 2.15. The van der Waals surface area contributed by atoms with Crippen molar-refractivity contribution in [3.8, 4) is 0 Å². The second kappa shape index (κ2) is 4.10. The highest BCUT2D eigenvalue weighted by molar-refractivity contribution is 6.64. The van der Waals surface area contributed by atoms with Gasteiger partial charge in [-0.2, -0.15) is 0 Å². The summed E-state index contributed by atoms with van der Waals surface area (Å²) in [5, 5.41) is -0.122. The third kappa shape index (κ3) is 2.48. The van der Waals surface area contributed by atoms with Crippen LogP contribution in [0.15, 0.2) is 0 Å². The van der Waals surface area contributed by atoms with Gasteiger partial charge >= 0.3 is 0 Å². The van der Waals surface area contributed by atoms with E-state index in [1.807, 2.05) is 0 Å². The lowest BCUT2D eigenvalue weighted by atomic mass is 10.0. The third-order valence-electron chi connectivity index (χ3n) is 2.56. The maximum absolute atomic E-state index is 10.8. The maximum atomic E-state index is 10.8. The van der Waals surface area contributed by atoms with Gasteiger partial charge in [0.15, 0.2) is 0 Å². The van der Waals surface area contributed by atoms with Gasteiger partial charge in [0.1, 0.15) is 0 Å². The van der Waals surface area contributed by atoms with E-state index >= 15 is 0 Å². The van der Waals surface area contributed by atoms with Crippen LogP contribution >= 0.6 is 11.6 Å². The van der Waals surface area contributed by atoms with Crippen molar-refractivity contribution in [3.63, 3.8) is 0 Å². The van der Waals surface area contributed by atoms with Crippen LogP contribution in [0.4, 0.5) is 0 Å². The highest BCUT2D eigenvalue weighted by atomic mass is 35.5. The lowest BCUT2D eigenvalue weighted by Gasteiger charge is -2.05. The molecule has 0 aliphatic heterocycles. The van der Waals surface area contributed by atoms with Gasteiger partial charge in [0.2, 0.25) is 5.24 Å². The number of halogens is 1. The summed E-state index contributed by atoms with van der Waals surface area (Å²) >= 11 is 5.41. The molecule has 1 rings (SSSR count). The number of carbonyl (C=O) groups is 1. The monoisotopic (exact) mass is 174 g/mol. The predicted molar refractivity (Wildman–Crippen MR) is 46.6 cm³/mol. The van der Waals surface area contributed by atoms with Crippen molar-refractivity contribution in [1.82, 2.24) is 0 Å². The summed E-state index contributed by atoms with van der Waals surface area (Å²) in [7, 11) is 0. The number of carbonyl (C=O) groups excluding carboxylic acids is 1. The average molecular weight is 175 g/mol. The van der Waals surface area contributed by atoms with E-state index in [1.165, 1.54) is 19.3 Å². The van der Waals surface area contributed by atoms with E-state index < -0.39 is 0 Å². The predicted octanol–water partition coefficient (Wildman–Crippen LogP) is 2.97. The van der Waals surface area contributed by atoms with Crippen molar-refractivity contribution in [2.24, 2.45) is 11.8 Å². The Hall–Kier alpha value is -0.0400. The minimum Gasteiger partial charge on any atom is -0.281 e. The van der Waals surface area contributed by atoms with Crippen molar-refractivity contribution >= 4 is 16.8 Å². The van der Waals surface area contributed by atoms with Gasteiger partial charge in [0.25, 0.3) is 0 Å². The van der Waals surface area contributed by atoms with Gasteiger partial charge in [0, 0.05) is 5.92 Å². The van der Waals surface area contributed by atoms with E-state index in [0.29, 0.717) is 0 Å². The molecule has 11 heavy (non-hydrogen) atoms. The Bertz CT molecular complexity index is 144. The van der Waals surface area contributed by atoms with E-state index in [2.05, 4.69) is 6.92 Å². The Labute approximate surface area is 73.1 Å². The van der Waals surface area contributed by atoms with Gasteiger partial charge in [-0.25, -0.2) is 0 Å². The molecule has 1 nitrogen and oxygen atoms in total. The van der Waals surface area contributed by atoms with Crippen molar-refractivity contribution < 1.29 is 4.79 Å². The smallest absolute Gasteiger partial charge is 0.224 e. The van der Waals surface area contributed by atoms with Gasteiger partial charge in [-0.15, -0.1) is 0 Å². The van der Waals surface area contributed by atoms with E-state index in [1.54, 1.807) is 0 Å². The van der Waals surface area contributed by atoms with Crippen LogP contribution in [-0.2, 0) is 4.79 Å². The largest absolute Gasteiger partial charge is 0.281 e. The fourth-order valence-electron chi connectivity index (χ4n) is 1.95. The van der Waals surface area contributed by atoms with Gasteiger partial charge in [-0.3, -0.25) is 4.79 Å². The summed E-state index contributed by atoms with van der Waals surface area (Å²) < 4.78 is 0. The van der Waals surface area contributed by atoms with Crippen LogP contribution < -0.4 is 0 Å². The summed E-state index contributed by atoms with van der Waals surface area (Å²) in [6.45, 7) is 2.19. The van der Waals surface area contributed by atoms with Crippen LogP contribution in [0.25, 0.3) is 0 Å². The molecule has 1 aliphatic carbocycles. The summed E-state index contributed by atoms with van der Waals surface area (Å²) in [6, 6.07) is 0. The molecule has 0 N–H and O–H groups in total. The summed E-state index contributed by atoms with van der Waals surface area (Å²) in [6.07, 6.45) is 5.76. The molecule has 0 unspecified atom stereocenters. The molecule has 0 bridgehead atoms. The average Bonchev–Trinajstić information content (AvgIpc) is 2.37. The molecule has 2 atom stereocenters. The first kappa shape index (κ1) is 9.05. The molecule has 2 heteroatoms. The zero-order valence-corrected chi connectivity index (χ0v) is 7.73. The standard InChI is InChI=1S/C9H15ClO/c1-2-3-7-4-5-8(6-7)9(10)11/h7-8H,2-6H2,1H3/t7-,8-/m1/s1. The maximum Gasteiger partial charge on any atom is 0.224 e. The van der Waals surface area contributed by atoms with Crippen LogP contribution in [0.2, 0.25) is 0 Å². The van der Waals surface area contributed by atoms with Crippen molar-refractivity contribution in [1.29, 1.82) is 0 Å². The Morgan fingerprint density at radius 3 is 2.73 bits per heavy atom. The van der Waals surface area contributed by atoms with Crippen LogP contribution in [0.1, 0.15) is 39.0 Å². The lowest BCUT2D eigenvalue weighted by molar-refractivity contribution is -0.115. The Morgan fingerprint density at radius 1 is 1.55 bits per heavy atom. The Morgan fingerprint density at radius 2 is 2.27 bits per heavy atom. The quantitative estimate of drug-likeness (QED) is 0.602. The Balaban J connectivity index is 2.29. The zero-order chi connectivity index (χ0) is 8.27. The highest BCUT2D eigenvalue weighted by Gasteiger charge is 2.27. The van der Waals surface area contributed by atoms with Crippen LogP contribution in [-0.4, -0.2) is 5.24 Å². The molecule has 1 aliphatic rings. The molecule has 0 saturated heterocycles. The first-order chi connectivity index (χ1) is 5.24. The molecule has 0 amide bonds. The summed E-state index contributed by atoms with van der Waals surface area (Å²) in [5.41, 5.74) is 0. The van der Waals surface area contributed by atoms with Gasteiger partial charge in [-0.1, -0.05) is 19.8 Å². The van der Waals surface area contributed by atoms with Gasteiger partial charge < -0.3 is 0 Å². The number of rotatable bonds is 3. The molecule has 0 spiro atoms. The second-order valence-corrected chi connectivity index (χ2v) is 3.84. The Kier molecular flexibility index (Phi) is 3.38. The van der Waals surface area contributed by atoms with Crippen LogP contribution in [0, 0.1) is 11.8 Å². The molecule has 0 aromatic rings. The fraction of sp³-hybridized carbons (Fsp3) is 0.889. The lowest BCUT2D eigenvalue weighted by Crippen LogP contribution is -2.03. The molecule has 1 saturated carbocycles.